The van der Waals surface area contributed by atoms with E-state index in [0.717, 1.165) is 29.2 Å². The zero-order chi connectivity index (χ0) is 15.4. The molecule has 0 spiro atoms. The molecule has 1 N–H and O–H groups in total. The van der Waals surface area contributed by atoms with Crippen LogP contribution in [-0.2, 0) is 6.54 Å². The lowest BCUT2D eigenvalue weighted by Gasteiger charge is -2.15. The minimum atomic E-state index is -0.171. The van der Waals surface area contributed by atoms with E-state index in [-0.39, 0.29) is 5.91 Å². The van der Waals surface area contributed by atoms with Crippen molar-refractivity contribution in [3.05, 3.63) is 46.5 Å². The number of aromatic nitrogens is 3. The molecule has 1 aliphatic heterocycles. The average Bonchev–Trinajstić information content (AvgIpc) is 3.07. The van der Waals surface area contributed by atoms with Crippen molar-refractivity contribution >= 4 is 27.8 Å². The lowest BCUT2D eigenvalue weighted by Crippen LogP contribution is -2.25. The molecule has 1 amide bonds. The van der Waals surface area contributed by atoms with E-state index in [4.69, 9.17) is 0 Å². The molecule has 3 rings (SSSR count). The Morgan fingerprint density at radius 1 is 1.32 bits per heavy atom. The zero-order valence-corrected chi connectivity index (χ0v) is 13.6. The van der Waals surface area contributed by atoms with Crippen molar-refractivity contribution < 1.29 is 4.79 Å². The van der Waals surface area contributed by atoms with Gasteiger partial charge in [-0.05, 0) is 40.9 Å². The van der Waals surface area contributed by atoms with Gasteiger partial charge in [-0.25, -0.2) is 9.97 Å². The highest BCUT2D eigenvalue weighted by Crippen LogP contribution is 2.15. The molecular weight excluding hydrogens is 346 g/mol. The fourth-order valence-corrected chi connectivity index (χ4v) is 2.73. The zero-order valence-electron chi connectivity index (χ0n) is 12.0. The number of carbonyl (C=O) groups is 1. The SMILES string of the molecule is O=C(NCc1ccnc(N2CCCC2)n1)c1cncc(Br)c1. The maximum Gasteiger partial charge on any atom is 0.253 e. The minimum absolute atomic E-state index is 0.171. The van der Waals surface area contributed by atoms with E-state index in [0.29, 0.717) is 12.1 Å². The number of anilines is 1. The van der Waals surface area contributed by atoms with Gasteiger partial charge in [0, 0.05) is 36.2 Å². The first-order valence-electron chi connectivity index (χ1n) is 7.18. The van der Waals surface area contributed by atoms with Crippen molar-refractivity contribution in [2.24, 2.45) is 0 Å². The highest BCUT2D eigenvalue weighted by molar-refractivity contribution is 9.10. The summed E-state index contributed by atoms with van der Waals surface area (Å²) in [7, 11) is 0. The number of hydrogen-bond donors (Lipinski definition) is 1. The fourth-order valence-electron chi connectivity index (χ4n) is 2.36. The molecule has 2 aromatic heterocycles. The van der Waals surface area contributed by atoms with Crippen molar-refractivity contribution in [3.63, 3.8) is 0 Å². The van der Waals surface area contributed by atoms with Gasteiger partial charge in [-0.2, -0.15) is 0 Å². The summed E-state index contributed by atoms with van der Waals surface area (Å²) < 4.78 is 0.776. The van der Waals surface area contributed by atoms with E-state index in [1.807, 2.05) is 6.07 Å². The number of halogens is 1. The maximum atomic E-state index is 12.1. The normalized spacial score (nSPS) is 14.1. The molecule has 0 radical (unpaired) electrons. The van der Waals surface area contributed by atoms with Gasteiger partial charge in [-0.3, -0.25) is 9.78 Å². The number of amides is 1. The summed E-state index contributed by atoms with van der Waals surface area (Å²) in [5.41, 5.74) is 1.32. The first kappa shape index (κ1) is 14.9. The molecule has 0 unspecified atom stereocenters. The summed E-state index contributed by atoms with van der Waals surface area (Å²) >= 11 is 3.31. The van der Waals surface area contributed by atoms with Crippen molar-refractivity contribution in [3.8, 4) is 0 Å². The first-order valence-corrected chi connectivity index (χ1v) is 7.97. The molecule has 0 atom stereocenters. The smallest absolute Gasteiger partial charge is 0.253 e. The van der Waals surface area contributed by atoms with Gasteiger partial charge < -0.3 is 10.2 Å². The van der Waals surface area contributed by atoms with Crippen molar-refractivity contribution in [2.75, 3.05) is 18.0 Å². The molecule has 2 aromatic rings. The molecule has 0 aromatic carbocycles. The largest absolute Gasteiger partial charge is 0.346 e. The predicted octanol–water partition coefficient (Wildman–Crippen LogP) is 2.16. The van der Waals surface area contributed by atoms with Crippen LogP contribution in [0, 0.1) is 0 Å². The number of rotatable bonds is 4. The first-order chi connectivity index (χ1) is 10.7. The second kappa shape index (κ2) is 6.83. The third kappa shape index (κ3) is 3.59. The number of nitrogens with one attached hydrogen (secondary N) is 1. The Morgan fingerprint density at radius 2 is 2.14 bits per heavy atom. The number of carbonyl (C=O) groups excluding carboxylic acids is 1. The number of hydrogen-bond acceptors (Lipinski definition) is 5. The van der Waals surface area contributed by atoms with Gasteiger partial charge in [0.2, 0.25) is 5.95 Å². The molecule has 1 aliphatic rings. The quantitative estimate of drug-likeness (QED) is 0.903. The second-order valence-corrected chi connectivity index (χ2v) is 6.03. The van der Waals surface area contributed by atoms with Crippen LogP contribution in [0.2, 0.25) is 0 Å². The summed E-state index contributed by atoms with van der Waals surface area (Å²) in [5, 5.41) is 2.85. The molecular formula is C15H16BrN5O. The molecule has 0 saturated carbocycles. The Morgan fingerprint density at radius 3 is 2.91 bits per heavy atom. The summed E-state index contributed by atoms with van der Waals surface area (Å²) in [5.74, 6) is 0.573. The van der Waals surface area contributed by atoms with Gasteiger partial charge in [0.15, 0.2) is 0 Å². The molecule has 114 valence electrons. The maximum absolute atomic E-state index is 12.1. The third-order valence-corrected chi connectivity index (χ3v) is 3.92. The Bertz CT molecular complexity index is 672. The molecule has 1 saturated heterocycles. The fraction of sp³-hybridized carbons (Fsp3) is 0.333. The summed E-state index contributed by atoms with van der Waals surface area (Å²) in [6.07, 6.45) is 7.28. The highest BCUT2D eigenvalue weighted by Gasteiger charge is 2.15. The van der Waals surface area contributed by atoms with Crippen molar-refractivity contribution in [2.45, 2.75) is 19.4 Å². The molecule has 1 fully saturated rings. The number of nitrogens with zero attached hydrogens (tertiary/aromatic N) is 4. The van der Waals surface area contributed by atoms with Gasteiger partial charge in [-0.1, -0.05) is 0 Å². The lowest BCUT2D eigenvalue weighted by atomic mass is 10.2. The Hall–Kier alpha value is -2.02. The molecule has 0 aliphatic carbocycles. The third-order valence-electron chi connectivity index (χ3n) is 3.49. The molecule has 22 heavy (non-hydrogen) atoms. The monoisotopic (exact) mass is 361 g/mol. The molecule has 3 heterocycles. The van der Waals surface area contributed by atoms with Crippen LogP contribution in [0.5, 0.6) is 0 Å². The van der Waals surface area contributed by atoms with Crippen LogP contribution in [0.1, 0.15) is 28.9 Å². The predicted molar refractivity (Wildman–Crippen MR) is 86.6 cm³/mol. The number of pyridine rings is 1. The van der Waals surface area contributed by atoms with E-state index in [2.05, 4.69) is 41.1 Å². The van der Waals surface area contributed by atoms with Crippen molar-refractivity contribution in [1.29, 1.82) is 0 Å². The van der Waals surface area contributed by atoms with Crippen LogP contribution < -0.4 is 10.2 Å². The summed E-state index contributed by atoms with van der Waals surface area (Å²) in [6, 6.07) is 3.55. The van der Waals surface area contributed by atoms with Crippen LogP contribution in [0.15, 0.2) is 35.2 Å². The van der Waals surface area contributed by atoms with Crippen LogP contribution in [-0.4, -0.2) is 33.9 Å². The Kier molecular flexibility index (Phi) is 4.62. The van der Waals surface area contributed by atoms with Crippen LogP contribution in [0.25, 0.3) is 0 Å². The Balaban J connectivity index is 1.63. The standard InChI is InChI=1S/C15H16BrN5O/c16-12-7-11(8-17-9-12)14(22)19-10-13-3-4-18-15(20-13)21-5-1-2-6-21/h3-4,7-9H,1-2,5-6,10H2,(H,19,22). The van der Waals surface area contributed by atoms with Gasteiger partial charge in [0.25, 0.3) is 5.91 Å². The van der Waals surface area contributed by atoms with Gasteiger partial charge in [0.05, 0.1) is 17.8 Å². The minimum Gasteiger partial charge on any atom is -0.346 e. The Labute approximate surface area is 137 Å². The van der Waals surface area contributed by atoms with E-state index in [9.17, 15) is 4.79 Å². The topological polar surface area (TPSA) is 71.0 Å². The van der Waals surface area contributed by atoms with E-state index in [1.54, 1.807) is 18.5 Å². The van der Waals surface area contributed by atoms with Crippen molar-refractivity contribution in [1.82, 2.24) is 20.3 Å². The highest BCUT2D eigenvalue weighted by atomic mass is 79.9. The molecule has 6 nitrogen and oxygen atoms in total. The van der Waals surface area contributed by atoms with Gasteiger partial charge in [-0.15, -0.1) is 0 Å². The average molecular weight is 362 g/mol. The molecule has 7 heteroatoms. The molecule has 0 bridgehead atoms. The lowest BCUT2D eigenvalue weighted by molar-refractivity contribution is 0.0950. The van der Waals surface area contributed by atoms with Crippen LogP contribution >= 0.6 is 15.9 Å². The van der Waals surface area contributed by atoms with E-state index < -0.39 is 0 Å². The van der Waals surface area contributed by atoms with Gasteiger partial charge >= 0.3 is 0 Å². The summed E-state index contributed by atoms with van der Waals surface area (Å²) in [6.45, 7) is 2.37. The van der Waals surface area contributed by atoms with Crippen LogP contribution in [0.4, 0.5) is 5.95 Å². The van der Waals surface area contributed by atoms with E-state index >= 15 is 0 Å². The van der Waals surface area contributed by atoms with Gasteiger partial charge in [0.1, 0.15) is 0 Å². The van der Waals surface area contributed by atoms with E-state index in [1.165, 1.54) is 19.0 Å². The second-order valence-electron chi connectivity index (χ2n) is 5.12. The van der Waals surface area contributed by atoms with Crippen LogP contribution in [0.3, 0.4) is 0 Å². The summed E-state index contributed by atoms with van der Waals surface area (Å²) in [4.78, 5) is 27.1.